The molecule has 4 aromatic rings. The summed E-state index contributed by atoms with van der Waals surface area (Å²) < 4.78 is 47.2. The van der Waals surface area contributed by atoms with Crippen molar-refractivity contribution in [3.8, 4) is 33.9 Å². The third kappa shape index (κ3) is 6.51. The molecular formula is C28H32FN5O3S. The molecule has 1 aliphatic rings. The summed E-state index contributed by atoms with van der Waals surface area (Å²) in [6, 6.07) is 16.7. The third-order valence-corrected chi connectivity index (χ3v) is 7.45. The van der Waals surface area contributed by atoms with E-state index in [-0.39, 0.29) is 10.7 Å². The van der Waals surface area contributed by atoms with Crippen LogP contribution in [0.1, 0.15) is 13.3 Å². The van der Waals surface area contributed by atoms with Crippen molar-refractivity contribution < 1.29 is 17.5 Å². The zero-order valence-corrected chi connectivity index (χ0v) is 22.3. The van der Waals surface area contributed by atoms with E-state index < -0.39 is 10.0 Å². The molecule has 0 radical (unpaired) electrons. The molecule has 5 rings (SSSR count). The lowest BCUT2D eigenvalue weighted by molar-refractivity contribution is 0.109. The topological polar surface area (TPSA) is 98.1 Å². The van der Waals surface area contributed by atoms with E-state index >= 15 is 0 Å². The number of pyridine rings is 1. The maximum atomic E-state index is 13.6. The van der Waals surface area contributed by atoms with E-state index in [0.29, 0.717) is 12.4 Å². The minimum Gasteiger partial charge on any atom is -0.379 e. The number of ether oxygens (including phenoxy) is 1. The van der Waals surface area contributed by atoms with Gasteiger partial charge in [0.1, 0.15) is 11.6 Å². The number of benzene rings is 2. The summed E-state index contributed by atoms with van der Waals surface area (Å²) in [5, 5.41) is 3.16. The summed E-state index contributed by atoms with van der Waals surface area (Å²) in [5.74, 6) is 0.403. The highest BCUT2D eigenvalue weighted by molar-refractivity contribution is 7.89. The Hall–Kier alpha value is -3.44. The average Bonchev–Trinajstić information content (AvgIpc) is 3.34. The molecule has 2 aromatic carbocycles. The SMILES string of the molecule is C1COCCN1.CCCn1c(-c2ccc(S(=O)(=O)NC)cc2)nc(-c2ccc(F)cc2)c1-c1ccncc1. The van der Waals surface area contributed by atoms with Crippen LogP contribution in [-0.2, 0) is 21.3 Å². The molecule has 1 saturated heterocycles. The summed E-state index contributed by atoms with van der Waals surface area (Å²) in [6.07, 6.45) is 4.32. The fraction of sp³-hybridized carbons (Fsp3) is 0.286. The van der Waals surface area contributed by atoms with Crippen LogP contribution < -0.4 is 10.0 Å². The first kappa shape index (κ1) is 27.6. The molecule has 1 fully saturated rings. The van der Waals surface area contributed by atoms with E-state index in [4.69, 9.17) is 9.72 Å². The van der Waals surface area contributed by atoms with E-state index in [1.165, 1.54) is 19.2 Å². The van der Waals surface area contributed by atoms with Crippen LogP contribution in [0.15, 0.2) is 78.0 Å². The van der Waals surface area contributed by atoms with Gasteiger partial charge in [-0.2, -0.15) is 0 Å². The van der Waals surface area contributed by atoms with Gasteiger partial charge < -0.3 is 14.6 Å². The second kappa shape index (κ2) is 12.9. The van der Waals surface area contributed by atoms with Gasteiger partial charge >= 0.3 is 0 Å². The number of nitrogens with one attached hydrogen (secondary N) is 2. The molecule has 0 bridgehead atoms. The van der Waals surface area contributed by atoms with E-state index in [9.17, 15) is 12.8 Å². The summed E-state index contributed by atoms with van der Waals surface area (Å²) >= 11 is 0. The van der Waals surface area contributed by atoms with E-state index in [1.807, 2.05) is 12.1 Å². The van der Waals surface area contributed by atoms with Gasteiger partial charge in [0.05, 0.1) is 29.5 Å². The molecule has 0 atom stereocenters. The van der Waals surface area contributed by atoms with E-state index in [1.54, 1.807) is 48.8 Å². The number of halogens is 1. The molecular weight excluding hydrogens is 505 g/mol. The predicted molar refractivity (Wildman–Crippen MR) is 147 cm³/mol. The molecule has 8 nitrogen and oxygen atoms in total. The van der Waals surface area contributed by atoms with Crippen LogP contribution in [0.5, 0.6) is 0 Å². The Morgan fingerprint density at radius 3 is 2.11 bits per heavy atom. The number of rotatable bonds is 7. The summed E-state index contributed by atoms with van der Waals surface area (Å²) in [5.41, 5.74) is 4.16. The molecule has 0 aliphatic carbocycles. The molecule has 2 aromatic heterocycles. The van der Waals surface area contributed by atoms with Crippen molar-refractivity contribution in [2.75, 3.05) is 33.4 Å². The Morgan fingerprint density at radius 2 is 1.58 bits per heavy atom. The molecule has 10 heteroatoms. The number of sulfonamides is 1. The van der Waals surface area contributed by atoms with Crippen molar-refractivity contribution >= 4 is 10.0 Å². The second-order valence-corrected chi connectivity index (χ2v) is 10.5. The second-order valence-electron chi connectivity index (χ2n) is 8.62. The molecule has 0 amide bonds. The van der Waals surface area contributed by atoms with Crippen molar-refractivity contribution in [1.82, 2.24) is 24.6 Å². The van der Waals surface area contributed by atoms with Crippen molar-refractivity contribution in [2.24, 2.45) is 0 Å². The predicted octanol–water partition coefficient (Wildman–Crippen LogP) is 4.34. The largest absolute Gasteiger partial charge is 0.379 e. The van der Waals surface area contributed by atoms with E-state index in [0.717, 1.165) is 60.8 Å². The van der Waals surface area contributed by atoms with Crippen molar-refractivity contribution in [3.63, 3.8) is 0 Å². The van der Waals surface area contributed by atoms with Crippen LogP contribution in [0.2, 0.25) is 0 Å². The molecule has 2 N–H and O–H groups in total. The van der Waals surface area contributed by atoms with Gasteiger partial charge in [0.25, 0.3) is 0 Å². The van der Waals surface area contributed by atoms with Gasteiger partial charge in [-0.05, 0) is 74.1 Å². The summed E-state index contributed by atoms with van der Waals surface area (Å²) in [7, 11) is -2.15. The highest BCUT2D eigenvalue weighted by Crippen LogP contribution is 2.36. The normalized spacial score (nSPS) is 13.6. The lowest BCUT2D eigenvalue weighted by atomic mass is 10.1. The van der Waals surface area contributed by atoms with Gasteiger partial charge in [0.15, 0.2) is 0 Å². The quantitative estimate of drug-likeness (QED) is 0.364. The number of hydrogen-bond donors (Lipinski definition) is 2. The summed E-state index contributed by atoms with van der Waals surface area (Å²) in [4.78, 5) is 9.25. The van der Waals surface area contributed by atoms with Gasteiger partial charge in [0.2, 0.25) is 10.0 Å². The summed E-state index contributed by atoms with van der Waals surface area (Å²) in [6.45, 7) is 6.62. The Kier molecular flexibility index (Phi) is 9.35. The Morgan fingerprint density at radius 1 is 0.947 bits per heavy atom. The molecule has 1 aliphatic heterocycles. The maximum Gasteiger partial charge on any atom is 0.240 e. The number of nitrogens with zero attached hydrogens (tertiary/aromatic N) is 3. The minimum absolute atomic E-state index is 0.186. The van der Waals surface area contributed by atoms with Crippen LogP contribution in [-0.4, -0.2) is 56.3 Å². The molecule has 3 heterocycles. The first-order valence-electron chi connectivity index (χ1n) is 12.5. The Balaban J connectivity index is 0.000000494. The van der Waals surface area contributed by atoms with Crippen molar-refractivity contribution in [3.05, 3.63) is 78.9 Å². The van der Waals surface area contributed by atoms with Crippen molar-refractivity contribution in [2.45, 2.75) is 24.8 Å². The lowest BCUT2D eigenvalue weighted by Crippen LogP contribution is -2.30. The highest BCUT2D eigenvalue weighted by atomic mass is 32.2. The van der Waals surface area contributed by atoms with Gasteiger partial charge in [-0.1, -0.05) is 6.92 Å². The van der Waals surface area contributed by atoms with E-state index in [2.05, 4.69) is 26.5 Å². The van der Waals surface area contributed by atoms with Gasteiger partial charge in [-0.3, -0.25) is 4.98 Å². The van der Waals surface area contributed by atoms with Crippen LogP contribution in [0, 0.1) is 5.82 Å². The molecule has 0 unspecified atom stereocenters. The number of hydrogen-bond acceptors (Lipinski definition) is 6. The standard InChI is InChI=1S/C24H23FN4O2S.C4H9NO/c1-3-16-29-23(18-12-14-27-15-13-18)22(17-4-8-20(25)9-5-17)28-24(29)19-6-10-21(11-7-19)32(30,31)26-2;1-3-6-4-2-5-1/h4-15,26H,3,16H2,1-2H3;5H,1-4H2. The number of morpholine rings is 1. The van der Waals surface area contributed by atoms with Crippen LogP contribution >= 0.6 is 0 Å². The van der Waals surface area contributed by atoms with Crippen LogP contribution in [0.3, 0.4) is 0 Å². The van der Waals surface area contributed by atoms with Crippen molar-refractivity contribution in [1.29, 1.82) is 0 Å². The van der Waals surface area contributed by atoms with Crippen LogP contribution in [0.25, 0.3) is 33.9 Å². The van der Waals surface area contributed by atoms with Gasteiger partial charge in [-0.25, -0.2) is 22.5 Å². The monoisotopic (exact) mass is 537 g/mol. The number of aromatic nitrogens is 3. The first-order valence-corrected chi connectivity index (χ1v) is 14.0. The van der Waals surface area contributed by atoms with Gasteiger partial charge in [0, 0.05) is 48.7 Å². The molecule has 200 valence electrons. The van der Waals surface area contributed by atoms with Gasteiger partial charge in [-0.15, -0.1) is 0 Å². The van der Waals surface area contributed by atoms with Crippen LogP contribution in [0.4, 0.5) is 4.39 Å². The zero-order chi connectivity index (χ0) is 27.0. The smallest absolute Gasteiger partial charge is 0.240 e. The minimum atomic E-state index is -3.53. The molecule has 38 heavy (non-hydrogen) atoms. The maximum absolute atomic E-state index is 13.6. The average molecular weight is 538 g/mol. The lowest BCUT2D eigenvalue weighted by Gasteiger charge is -2.12. The fourth-order valence-corrected chi connectivity index (χ4v) is 4.87. The Labute approximate surface area is 223 Å². The number of imidazole rings is 1. The first-order chi connectivity index (χ1) is 18.4. The molecule has 0 spiro atoms. The molecule has 0 saturated carbocycles. The Bertz CT molecular complexity index is 1410. The third-order valence-electron chi connectivity index (χ3n) is 6.02. The zero-order valence-electron chi connectivity index (χ0n) is 21.5. The fourth-order valence-electron chi connectivity index (χ4n) is 4.14. The highest BCUT2D eigenvalue weighted by Gasteiger charge is 2.21.